The SMILES string of the molecule is CCCCc1ccc(CCCCCCC(=O)OC)nc1C. The van der Waals surface area contributed by atoms with Crippen molar-refractivity contribution in [2.24, 2.45) is 0 Å². The number of carbonyl (C=O) groups excluding carboxylic acids is 1. The van der Waals surface area contributed by atoms with E-state index in [1.54, 1.807) is 0 Å². The molecule has 0 aliphatic rings. The number of pyridine rings is 1. The fourth-order valence-electron chi connectivity index (χ4n) is 2.44. The third-order valence-electron chi connectivity index (χ3n) is 3.84. The van der Waals surface area contributed by atoms with Crippen LogP contribution in [0, 0.1) is 6.92 Å². The van der Waals surface area contributed by atoms with Gasteiger partial charge in [-0.15, -0.1) is 0 Å². The number of carbonyl (C=O) groups is 1. The van der Waals surface area contributed by atoms with E-state index >= 15 is 0 Å². The number of aryl methyl sites for hydroxylation is 3. The molecule has 0 aliphatic carbocycles. The zero-order valence-corrected chi connectivity index (χ0v) is 13.8. The van der Waals surface area contributed by atoms with Crippen molar-refractivity contribution in [3.63, 3.8) is 0 Å². The van der Waals surface area contributed by atoms with Crippen LogP contribution in [-0.4, -0.2) is 18.1 Å². The lowest BCUT2D eigenvalue weighted by Gasteiger charge is -2.07. The quantitative estimate of drug-likeness (QED) is 0.474. The lowest BCUT2D eigenvalue weighted by Crippen LogP contribution is -2.00. The van der Waals surface area contributed by atoms with E-state index in [2.05, 4.69) is 30.7 Å². The molecule has 0 aliphatic heterocycles. The fourth-order valence-corrected chi connectivity index (χ4v) is 2.44. The van der Waals surface area contributed by atoms with Gasteiger partial charge >= 0.3 is 5.97 Å². The Morgan fingerprint density at radius 3 is 2.52 bits per heavy atom. The van der Waals surface area contributed by atoms with Gasteiger partial charge in [0.2, 0.25) is 0 Å². The van der Waals surface area contributed by atoms with E-state index in [0.717, 1.165) is 38.5 Å². The molecule has 118 valence electrons. The Hall–Kier alpha value is -1.38. The molecule has 0 aromatic carbocycles. The van der Waals surface area contributed by atoms with Crippen molar-refractivity contribution >= 4 is 5.97 Å². The van der Waals surface area contributed by atoms with Gasteiger partial charge < -0.3 is 4.74 Å². The zero-order chi connectivity index (χ0) is 15.5. The molecular formula is C18H29NO2. The van der Waals surface area contributed by atoms with Gasteiger partial charge in [-0.25, -0.2) is 0 Å². The molecule has 0 radical (unpaired) electrons. The Balaban J connectivity index is 2.23. The Morgan fingerprint density at radius 1 is 1.10 bits per heavy atom. The van der Waals surface area contributed by atoms with Crippen LogP contribution in [0.25, 0.3) is 0 Å². The Bertz CT molecular complexity index is 429. The Morgan fingerprint density at radius 2 is 1.86 bits per heavy atom. The van der Waals surface area contributed by atoms with Crippen LogP contribution >= 0.6 is 0 Å². The van der Waals surface area contributed by atoms with E-state index in [9.17, 15) is 4.79 Å². The minimum atomic E-state index is -0.102. The first-order valence-corrected chi connectivity index (χ1v) is 8.19. The van der Waals surface area contributed by atoms with E-state index in [4.69, 9.17) is 4.98 Å². The molecule has 1 rings (SSSR count). The highest BCUT2D eigenvalue weighted by molar-refractivity contribution is 5.68. The van der Waals surface area contributed by atoms with Gasteiger partial charge in [0.05, 0.1) is 7.11 Å². The summed E-state index contributed by atoms with van der Waals surface area (Å²) in [6, 6.07) is 4.41. The van der Waals surface area contributed by atoms with Crippen LogP contribution in [0.15, 0.2) is 12.1 Å². The first-order valence-electron chi connectivity index (χ1n) is 8.19. The van der Waals surface area contributed by atoms with Crippen LogP contribution < -0.4 is 0 Å². The molecule has 0 atom stereocenters. The van der Waals surface area contributed by atoms with Crippen molar-refractivity contribution in [2.75, 3.05) is 7.11 Å². The van der Waals surface area contributed by atoms with Crippen LogP contribution in [0.2, 0.25) is 0 Å². The van der Waals surface area contributed by atoms with Crippen LogP contribution in [0.5, 0.6) is 0 Å². The minimum Gasteiger partial charge on any atom is -0.469 e. The summed E-state index contributed by atoms with van der Waals surface area (Å²) in [5.41, 5.74) is 3.77. The molecule has 0 spiro atoms. The summed E-state index contributed by atoms with van der Waals surface area (Å²) in [5.74, 6) is -0.102. The van der Waals surface area contributed by atoms with Gasteiger partial charge in [-0.05, 0) is 50.7 Å². The molecule has 3 nitrogen and oxygen atoms in total. The molecule has 0 saturated carbocycles. The number of aromatic nitrogens is 1. The van der Waals surface area contributed by atoms with Gasteiger partial charge in [0, 0.05) is 17.8 Å². The van der Waals surface area contributed by atoms with Crippen LogP contribution in [0.4, 0.5) is 0 Å². The average molecular weight is 291 g/mol. The van der Waals surface area contributed by atoms with E-state index in [1.165, 1.54) is 36.9 Å². The van der Waals surface area contributed by atoms with Gasteiger partial charge in [-0.3, -0.25) is 9.78 Å². The minimum absolute atomic E-state index is 0.102. The highest BCUT2D eigenvalue weighted by Gasteiger charge is 2.03. The van der Waals surface area contributed by atoms with Crippen LogP contribution in [0.3, 0.4) is 0 Å². The second-order valence-electron chi connectivity index (χ2n) is 5.64. The van der Waals surface area contributed by atoms with E-state index in [0.29, 0.717) is 6.42 Å². The molecule has 0 amide bonds. The van der Waals surface area contributed by atoms with Crippen LogP contribution in [0.1, 0.15) is 68.8 Å². The molecule has 0 bridgehead atoms. The zero-order valence-electron chi connectivity index (χ0n) is 13.8. The van der Waals surface area contributed by atoms with Gasteiger partial charge in [0.1, 0.15) is 0 Å². The first-order chi connectivity index (χ1) is 10.2. The summed E-state index contributed by atoms with van der Waals surface area (Å²) in [5, 5.41) is 0. The molecule has 1 aromatic rings. The first kappa shape index (κ1) is 17.7. The topological polar surface area (TPSA) is 39.2 Å². The third-order valence-corrected chi connectivity index (χ3v) is 3.84. The predicted molar refractivity (Wildman–Crippen MR) is 86.4 cm³/mol. The van der Waals surface area contributed by atoms with Crippen molar-refractivity contribution in [1.29, 1.82) is 0 Å². The summed E-state index contributed by atoms with van der Waals surface area (Å²) in [6.07, 6.45) is 9.49. The maximum Gasteiger partial charge on any atom is 0.305 e. The number of hydrogen-bond acceptors (Lipinski definition) is 3. The summed E-state index contributed by atoms with van der Waals surface area (Å²) < 4.78 is 4.63. The number of nitrogens with zero attached hydrogens (tertiary/aromatic N) is 1. The van der Waals surface area contributed by atoms with E-state index < -0.39 is 0 Å². The number of rotatable bonds is 10. The van der Waals surface area contributed by atoms with Crippen molar-refractivity contribution in [3.05, 3.63) is 29.1 Å². The lowest BCUT2D eigenvalue weighted by atomic mass is 10.0. The van der Waals surface area contributed by atoms with E-state index in [1.807, 2.05) is 0 Å². The second kappa shape index (κ2) is 10.4. The van der Waals surface area contributed by atoms with Crippen molar-refractivity contribution in [3.8, 4) is 0 Å². The Kier molecular flexibility index (Phi) is 8.72. The highest BCUT2D eigenvalue weighted by atomic mass is 16.5. The van der Waals surface area contributed by atoms with Gasteiger partial charge in [-0.1, -0.05) is 32.3 Å². The number of hydrogen-bond donors (Lipinski definition) is 0. The normalized spacial score (nSPS) is 10.6. The van der Waals surface area contributed by atoms with Crippen molar-refractivity contribution < 1.29 is 9.53 Å². The molecule has 0 fully saturated rings. The maximum atomic E-state index is 11.0. The number of ether oxygens (including phenoxy) is 1. The largest absolute Gasteiger partial charge is 0.469 e. The van der Waals surface area contributed by atoms with Crippen molar-refractivity contribution in [1.82, 2.24) is 4.98 Å². The van der Waals surface area contributed by atoms with Crippen molar-refractivity contribution in [2.45, 2.75) is 71.6 Å². The number of unbranched alkanes of at least 4 members (excludes halogenated alkanes) is 4. The summed E-state index contributed by atoms with van der Waals surface area (Å²) in [6.45, 7) is 4.34. The van der Waals surface area contributed by atoms with E-state index in [-0.39, 0.29) is 5.97 Å². The smallest absolute Gasteiger partial charge is 0.305 e. The molecule has 3 heteroatoms. The summed E-state index contributed by atoms with van der Waals surface area (Å²) in [7, 11) is 1.44. The van der Waals surface area contributed by atoms with Gasteiger partial charge in [0.25, 0.3) is 0 Å². The van der Waals surface area contributed by atoms with Crippen LogP contribution in [-0.2, 0) is 22.4 Å². The number of methoxy groups -OCH3 is 1. The standard InChI is InChI=1S/C18H29NO2/c1-4-5-10-16-13-14-17(19-15(16)2)11-8-6-7-9-12-18(20)21-3/h13-14H,4-12H2,1-3H3. The molecule has 21 heavy (non-hydrogen) atoms. The predicted octanol–water partition coefficient (Wildman–Crippen LogP) is 4.40. The molecule has 1 aromatic heterocycles. The van der Waals surface area contributed by atoms with Gasteiger partial charge in [0.15, 0.2) is 0 Å². The number of esters is 1. The van der Waals surface area contributed by atoms with Gasteiger partial charge in [-0.2, -0.15) is 0 Å². The fraction of sp³-hybridized carbons (Fsp3) is 0.667. The maximum absolute atomic E-state index is 11.0. The average Bonchev–Trinajstić information content (AvgIpc) is 2.49. The molecule has 1 heterocycles. The lowest BCUT2D eigenvalue weighted by molar-refractivity contribution is -0.140. The third kappa shape index (κ3) is 7.26. The second-order valence-corrected chi connectivity index (χ2v) is 5.64. The molecule has 0 N–H and O–H groups in total. The summed E-state index contributed by atoms with van der Waals surface area (Å²) >= 11 is 0. The molecule has 0 saturated heterocycles. The Labute approximate surface area is 129 Å². The molecular weight excluding hydrogens is 262 g/mol. The monoisotopic (exact) mass is 291 g/mol. The summed E-state index contributed by atoms with van der Waals surface area (Å²) in [4.78, 5) is 15.7. The highest BCUT2D eigenvalue weighted by Crippen LogP contribution is 2.13. The molecule has 0 unspecified atom stereocenters.